The first-order valence-corrected chi connectivity index (χ1v) is 13.5. The van der Waals surface area contributed by atoms with Gasteiger partial charge in [0.05, 0.1) is 23.7 Å². The molecule has 0 bridgehead atoms. The molecule has 1 aliphatic carbocycles. The van der Waals surface area contributed by atoms with Gasteiger partial charge in [0.25, 0.3) is 5.91 Å². The number of nitrogens with one attached hydrogen (secondary N) is 1. The van der Waals surface area contributed by atoms with Crippen LogP contribution in [0.25, 0.3) is 11.1 Å². The van der Waals surface area contributed by atoms with Crippen molar-refractivity contribution in [2.75, 3.05) is 0 Å². The van der Waals surface area contributed by atoms with Crippen LogP contribution in [0.5, 0.6) is 0 Å². The molecule has 1 fully saturated rings. The number of benzene rings is 3. The molecular formula is C31H26F6N4O3. The third-order valence-corrected chi connectivity index (χ3v) is 7.47. The van der Waals surface area contributed by atoms with Gasteiger partial charge in [-0.3, -0.25) is 4.79 Å². The molecule has 2 N–H and O–H groups in total. The summed E-state index contributed by atoms with van der Waals surface area (Å²) in [5, 5.41) is 12.0. The highest BCUT2D eigenvalue weighted by Gasteiger charge is 2.37. The zero-order valence-corrected chi connectivity index (χ0v) is 23.4. The van der Waals surface area contributed by atoms with Crippen LogP contribution in [0.15, 0.2) is 65.9 Å². The summed E-state index contributed by atoms with van der Waals surface area (Å²) in [5.74, 6) is -3.82. The van der Waals surface area contributed by atoms with Crippen molar-refractivity contribution in [3.05, 3.63) is 112 Å². The molecule has 2 amide bonds. The number of carboxylic acid groups (broad SMARTS) is 1. The maximum atomic E-state index is 16.2. The molecule has 1 unspecified atom stereocenters. The lowest BCUT2D eigenvalue weighted by Gasteiger charge is -2.21. The lowest BCUT2D eigenvalue weighted by atomic mass is 9.93. The van der Waals surface area contributed by atoms with Gasteiger partial charge in [-0.05, 0) is 78.3 Å². The molecule has 44 heavy (non-hydrogen) atoms. The molecule has 230 valence electrons. The van der Waals surface area contributed by atoms with Gasteiger partial charge in [-0.2, -0.15) is 13.2 Å². The summed E-state index contributed by atoms with van der Waals surface area (Å²) in [6.45, 7) is 1.36. The minimum atomic E-state index is -5.05. The monoisotopic (exact) mass is 616 g/mol. The fourth-order valence-electron chi connectivity index (χ4n) is 5.17. The first kappa shape index (κ1) is 30.6. The van der Waals surface area contributed by atoms with Crippen molar-refractivity contribution in [3.63, 3.8) is 0 Å². The molecule has 7 nitrogen and oxygen atoms in total. The fourth-order valence-corrected chi connectivity index (χ4v) is 5.17. The van der Waals surface area contributed by atoms with E-state index in [1.54, 1.807) is 13.0 Å². The summed E-state index contributed by atoms with van der Waals surface area (Å²) in [4.78, 5) is 28.4. The van der Waals surface area contributed by atoms with Gasteiger partial charge < -0.3 is 19.6 Å². The lowest BCUT2D eigenvalue weighted by molar-refractivity contribution is -0.137. The van der Waals surface area contributed by atoms with Crippen LogP contribution in [0, 0.1) is 30.3 Å². The minimum Gasteiger partial charge on any atom is -0.463 e. The third-order valence-electron chi connectivity index (χ3n) is 7.47. The Kier molecular flexibility index (Phi) is 8.15. The number of carbonyl (C=O) groups excluding carboxylic acids is 1. The molecule has 5 rings (SSSR count). The van der Waals surface area contributed by atoms with Gasteiger partial charge in [-0.1, -0.05) is 18.2 Å². The number of amides is 2. The normalized spacial score (nSPS) is 14.5. The van der Waals surface area contributed by atoms with E-state index in [4.69, 9.17) is 0 Å². The number of alkyl halides is 3. The largest absolute Gasteiger partial charge is 0.463 e. The number of hydrogen-bond donors (Lipinski definition) is 2. The van der Waals surface area contributed by atoms with Crippen LogP contribution in [0.2, 0.25) is 0 Å². The van der Waals surface area contributed by atoms with E-state index in [1.165, 1.54) is 40.7 Å². The summed E-state index contributed by atoms with van der Waals surface area (Å²) >= 11 is 0. The van der Waals surface area contributed by atoms with E-state index in [0.29, 0.717) is 11.1 Å². The highest BCUT2D eigenvalue weighted by molar-refractivity contribution is 5.96. The Bertz CT molecular complexity index is 1840. The molecule has 0 saturated heterocycles. The van der Waals surface area contributed by atoms with E-state index in [1.807, 2.05) is 0 Å². The Morgan fingerprint density at radius 3 is 2.39 bits per heavy atom. The SMILES string of the molecule is Cc1cc(C(NC(=O)c2cc(Cn3ccn(C)/c3=N/C(=O)O)cc(-c3ccc(F)cc3C(F)(F)F)c2F)C2CC2)ccc1F. The number of rotatable bonds is 7. The molecule has 1 aromatic heterocycles. The molecule has 4 aromatic rings. The van der Waals surface area contributed by atoms with Gasteiger partial charge in [0.1, 0.15) is 17.5 Å². The summed E-state index contributed by atoms with van der Waals surface area (Å²) in [6, 6.07) is 7.78. The zero-order chi connectivity index (χ0) is 31.9. The van der Waals surface area contributed by atoms with Crippen molar-refractivity contribution in [2.45, 2.75) is 38.5 Å². The van der Waals surface area contributed by atoms with E-state index in [9.17, 15) is 36.6 Å². The average Bonchev–Trinajstić information content (AvgIpc) is 3.74. The predicted octanol–water partition coefficient (Wildman–Crippen LogP) is 6.75. The standard InChI is InChI=1S/C31H26F6N4O3/c1-16-11-19(5-8-25(16)33)27(18-3-4-18)38-28(42)23-13-17(15-41-10-9-40(2)29(41)39-30(43)44)12-22(26(23)34)21-7-6-20(32)14-24(21)31(35,36)37/h5-14,18,27H,3-4,15H2,1-2H3,(H,38,42)(H,43,44)/b39-29-. The Morgan fingerprint density at radius 2 is 1.75 bits per heavy atom. The molecular weight excluding hydrogens is 590 g/mol. The second kappa shape index (κ2) is 11.7. The van der Waals surface area contributed by atoms with E-state index in [0.717, 1.165) is 37.1 Å². The fraction of sp³-hybridized carbons (Fsp3) is 0.258. The van der Waals surface area contributed by atoms with Crippen molar-refractivity contribution >= 4 is 12.0 Å². The zero-order valence-electron chi connectivity index (χ0n) is 23.4. The maximum absolute atomic E-state index is 16.2. The number of nitrogens with zero attached hydrogens (tertiary/aromatic N) is 3. The number of imidazole rings is 1. The van der Waals surface area contributed by atoms with Gasteiger partial charge in [-0.15, -0.1) is 4.99 Å². The smallest absolute Gasteiger partial charge is 0.434 e. The Labute approximate surface area is 247 Å². The molecule has 3 aromatic carbocycles. The van der Waals surface area contributed by atoms with Crippen LogP contribution in [0.4, 0.5) is 31.1 Å². The Morgan fingerprint density at radius 1 is 1.02 bits per heavy atom. The first-order chi connectivity index (χ1) is 20.7. The number of halogens is 6. The summed E-state index contributed by atoms with van der Waals surface area (Å²) in [7, 11) is 1.52. The average molecular weight is 617 g/mol. The van der Waals surface area contributed by atoms with Crippen LogP contribution in [0.1, 0.15) is 51.5 Å². The van der Waals surface area contributed by atoms with E-state index < -0.39 is 63.9 Å². The highest BCUT2D eigenvalue weighted by atomic mass is 19.4. The topological polar surface area (TPSA) is 88.6 Å². The van der Waals surface area contributed by atoms with E-state index >= 15 is 4.39 Å². The van der Waals surface area contributed by atoms with Gasteiger partial charge in [0.2, 0.25) is 5.62 Å². The molecule has 1 saturated carbocycles. The van der Waals surface area contributed by atoms with Crippen LogP contribution < -0.4 is 10.9 Å². The molecule has 0 aliphatic heterocycles. The van der Waals surface area contributed by atoms with Crippen molar-refractivity contribution in [1.82, 2.24) is 14.5 Å². The molecule has 1 aliphatic rings. The lowest BCUT2D eigenvalue weighted by Crippen LogP contribution is -2.31. The Balaban J connectivity index is 1.64. The highest BCUT2D eigenvalue weighted by Crippen LogP contribution is 2.42. The predicted molar refractivity (Wildman–Crippen MR) is 147 cm³/mol. The second-order valence-corrected chi connectivity index (χ2v) is 10.7. The van der Waals surface area contributed by atoms with Crippen molar-refractivity contribution < 1.29 is 41.0 Å². The molecule has 1 atom stereocenters. The maximum Gasteiger partial charge on any atom is 0.434 e. The van der Waals surface area contributed by atoms with Gasteiger partial charge >= 0.3 is 12.3 Å². The minimum absolute atomic E-state index is 0.0106. The van der Waals surface area contributed by atoms with Crippen LogP contribution in [0.3, 0.4) is 0 Å². The first-order valence-electron chi connectivity index (χ1n) is 13.5. The van der Waals surface area contributed by atoms with E-state index in [-0.39, 0.29) is 29.7 Å². The molecule has 13 heteroatoms. The molecule has 1 heterocycles. The second-order valence-electron chi connectivity index (χ2n) is 10.7. The van der Waals surface area contributed by atoms with Crippen LogP contribution in [-0.4, -0.2) is 26.2 Å². The molecule has 0 radical (unpaired) electrons. The summed E-state index contributed by atoms with van der Waals surface area (Å²) in [5.41, 5.74) is -2.26. The summed E-state index contributed by atoms with van der Waals surface area (Å²) in [6.07, 6.45) is -2.10. The summed E-state index contributed by atoms with van der Waals surface area (Å²) < 4.78 is 88.7. The number of aromatic nitrogens is 2. The number of aryl methyl sites for hydroxylation is 2. The van der Waals surface area contributed by atoms with Gasteiger partial charge in [0, 0.05) is 25.0 Å². The third kappa shape index (κ3) is 6.41. The molecule has 0 spiro atoms. The quantitative estimate of drug-likeness (QED) is 0.225. The van der Waals surface area contributed by atoms with Gasteiger partial charge in [0.15, 0.2) is 0 Å². The van der Waals surface area contributed by atoms with E-state index in [2.05, 4.69) is 10.3 Å². The van der Waals surface area contributed by atoms with Crippen molar-refractivity contribution in [2.24, 2.45) is 18.0 Å². The Hall–Kier alpha value is -4.81. The van der Waals surface area contributed by atoms with Gasteiger partial charge in [-0.25, -0.2) is 18.0 Å². The number of carbonyl (C=O) groups is 2. The van der Waals surface area contributed by atoms with Crippen LogP contribution in [-0.2, 0) is 19.8 Å². The van der Waals surface area contributed by atoms with Crippen molar-refractivity contribution in [3.8, 4) is 11.1 Å². The van der Waals surface area contributed by atoms with Crippen molar-refractivity contribution in [1.29, 1.82) is 0 Å². The number of hydrogen-bond acceptors (Lipinski definition) is 2. The van der Waals surface area contributed by atoms with Crippen LogP contribution >= 0.6 is 0 Å².